The Hall–Kier alpha value is -4.09. The third-order valence-corrected chi connectivity index (χ3v) is 3.96. The zero-order valence-electron chi connectivity index (χ0n) is 19.6. The highest BCUT2D eigenvalue weighted by Gasteiger charge is 2.31. The second-order valence-electron chi connectivity index (χ2n) is 6.23. The molecule has 6 nitrogen and oxygen atoms in total. The molecule has 180 valence electrons. The largest absolute Gasteiger partial charge is 0.573 e. The van der Waals surface area contributed by atoms with E-state index in [-0.39, 0.29) is 11.3 Å². The lowest BCUT2D eigenvalue weighted by Crippen LogP contribution is -2.17. The molecule has 0 amide bonds. The van der Waals surface area contributed by atoms with Crippen molar-refractivity contribution < 1.29 is 58.9 Å². The number of rotatable bonds is 9. The summed E-state index contributed by atoms with van der Waals surface area (Å²) in [7, 11) is -3.14. The molecule has 0 bridgehead atoms. The molecule has 0 atom stereocenters. The highest BCUT2D eigenvalue weighted by atomic mass is 19.4. The number of hydrogen-bond donors (Lipinski definition) is 0. The molecule has 0 heterocycles. The molecule has 0 aliphatic heterocycles. The maximum Gasteiger partial charge on any atom is 0.573 e. The molecule has 0 unspecified atom stereocenters. The Labute approximate surface area is 192 Å². The number of aldehydes is 1. The molecule has 0 N–H and O–H groups in total. The van der Waals surface area contributed by atoms with E-state index in [4.69, 9.17) is 13.6 Å². The van der Waals surface area contributed by atoms with Crippen LogP contribution in [0.5, 0.6) is 40.2 Å². The molecule has 0 radical (unpaired) electrons. The summed E-state index contributed by atoms with van der Waals surface area (Å²) < 4.78 is 123. The van der Waals surface area contributed by atoms with Crippen LogP contribution in [-0.2, 0) is 0 Å². The summed E-state index contributed by atoms with van der Waals surface area (Å²) in [5.41, 5.74) is 0.242. The molecule has 3 aromatic carbocycles. The van der Waals surface area contributed by atoms with E-state index in [1.807, 2.05) is 0 Å². The zero-order chi connectivity index (χ0) is 27.4. The molecule has 0 fully saturated rings. The molecule has 0 spiro atoms. The number of benzene rings is 3. The standard InChI is InChI=1S/C22H14F6O6/c1-30-18-10-14(34-22(26,27)28)6-7-15(18)32-17-9-8-16(33-21(24)25)19(23)20(17)31-13-4-2-12(11-29)3-5-13/h2-11,21H,1H3/i1D3. The van der Waals surface area contributed by atoms with Gasteiger partial charge in [-0.25, -0.2) is 0 Å². The molecule has 0 aliphatic carbocycles. The van der Waals surface area contributed by atoms with Gasteiger partial charge in [-0.3, -0.25) is 4.79 Å². The van der Waals surface area contributed by atoms with E-state index in [9.17, 15) is 26.7 Å². The van der Waals surface area contributed by atoms with Crippen molar-refractivity contribution in [3.05, 3.63) is 66.0 Å². The van der Waals surface area contributed by atoms with Gasteiger partial charge in [0.05, 0.1) is 11.2 Å². The monoisotopic (exact) mass is 491 g/mol. The highest BCUT2D eigenvalue weighted by Crippen LogP contribution is 2.44. The van der Waals surface area contributed by atoms with E-state index in [2.05, 4.69) is 14.2 Å². The van der Waals surface area contributed by atoms with Gasteiger partial charge in [-0.15, -0.1) is 13.2 Å². The molecule has 0 saturated carbocycles. The van der Waals surface area contributed by atoms with Gasteiger partial charge >= 0.3 is 13.0 Å². The third kappa shape index (κ3) is 6.24. The number of carbonyl (C=O) groups is 1. The van der Waals surface area contributed by atoms with Crippen LogP contribution in [0.3, 0.4) is 0 Å². The van der Waals surface area contributed by atoms with Crippen molar-refractivity contribution in [2.75, 3.05) is 7.04 Å². The lowest BCUT2D eigenvalue weighted by Gasteiger charge is -2.17. The Bertz CT molecular complexity index is 1250. The Morgan fingerprint density at radius 2 is 1.53 bits per heavy atom. The van der Waals surface area contributed by atoms with Crippen LogP contribution in [0.25, 0.3) is 0 Å². The maximum atomic E-state index is 15.1. The van der Waals surface area contributed by atoms with Gasteiger partial charge < -0.3 is 23.7 Å². The van der Waals surface area contributed by atoms with Gasteiger partial charge in [0.25, 0.3) is 0 Å². The van der Waals surface area contributed by atoms with Crippen molar-refractivity contribution in [1.29, 1.82) is 0 Å². The first-order valence-electron chi connectivity index (χ1n) is 10.5. The molecule has 34 heavy (non-hydrogen) atoms. The van der Waals surface area contributed by atoms with Gasteiger partial charge in [-0.05, 0) is 48.5 Å². The second-order valence-corrected chi connectivity index (χ2v) is 6.23. The fourth-order valence-corrected chi connectivity index (χ4v) is 2.58. The van der Waals surface area contributed by atoms with Gasteiger partial charge in [0.1, 0.15) is 17.8 Å². The molecule has 12 heteroatoms. The quantitative estimate of drug-likeness (QED) is 0.244. The van der Waals surface area contributed by atoms with Gasteiger partial charge in [-0.1, -0.05) is 0 Å². The zero-order valence-corrected chi connectivity index (χ0v) is 16.6. The lowest BCUT2D eigenvalue weighted by atomic mass is 10.2. The summed E-state index contributed by atoms with van der Waals surface area (Å²) in [6, 6.07) is 8.97. The average Bonchev–Trinajstić information content (AvgIpc) is 2.77. The van der Waals surface area contributed by atoms with Crippen LogP contribution in [0.1, 0.15) is 14.5 Å². The van der Waals surface area contributed by atoms with Crippen molar-refractivity contribution in [3.8, 4) is 40.2 Å². The molecule has 0 aliphatic rings. The Balaban J connectivity index is 2.05. The predicted molar refractivity (Wildman–Crippen MR) is 105 cm³/mol. The summed E-state index contributed by atoms with van der Waals surface area (Å²) >= 11 is 0. The minimum Gasteiger partial charge on any atom is -0.493 e. The minimum atomic E-state index is -5.11. The van der Waals surface area contributed by atoms with Crippen LogP contribution in [0, 0.1) is 5.82 Å². The summed E-state index contributed by atoms with van der Waals surface area (Å²) in [6.07, 6.45) is -4.58. The summed E-state index contributed by atoms with van der Waals surface area (Å²) in [5.74, 6) is -5.92. The fourth-order valence-electron chi connectivity index (χ4n) is 2.58. The van der Waals surface area contributed by atoms with E-state index in [1.165, 1.54) is 24.3 Å². The average molecular weight is 491 g/mol. The molecule has 0 aromatic heterocycles. The molecule has 3 aromatic rings. The summed E-state index contributed by atoms with van der Waals surface area (Å²) in [5, 5.41) is 0. The molecule has 0 saturated heterocycles. The van der Waals surface area contributed by atoms with Crippen LogP contribution in [0.4, 0.5) is 26.3 Å². The number of halogens is 6. The van der Waals surface area contributed by atoms with Crippen LogP contribution < -0.4 is 23.7 Å². The Morgan fingerprint density at radius 3 is 2.15 bits per heavy atom. The third-order valence-electron chi connectivity index (χ3n) is 3.96. The second kappa shape index (κ2) is 10.2. The fraction of sp³-hybridized carbons (Fsp3) is 0.136. The van der Waals surface area contributed by atoms with Crippen LogP contribution >= 0.6 is 0 Å². The first kappa shape index (κ1) is 20.5. The SMILES string of the molecule is [2H]C([2H])([2H])Oc1cc(OC(F)(F)F)ccc1Oc1ccc(OC(F)F)c(F)c1Oc1ccc(C=O)cc1. The van der Waals surface area contributed by atoms with E-state index >= 15 is 4.39 Å². The first-order chi connectivity index (χ1) is 17.2. The Kier molecular flexibility index (Phi) is 6.17. The number of hydrogen-bond acceptors (Lipinski definition) is 6. The van der Waals surface area contributed by atoms with E-state index in [0.29, 0.717) is 12.4 Å². The number of alkyl halides is 5. The smallest absolute Gasteiger partial charge is 0.493 e. The minimum absolute atomic E-state index is 0.0727. The predicted octanol–water partition coefficient (Wildman–Crippen LogP) is 6.73. The van der Waals surface area contributed by atoms with Gasteiger partial charge in [0.15, 0.2) is 23.0 Å². The maximum absolute atomic E-state index is 15.1. The van der Waals surface area contributed by atoms with Crippen molar-refractivity contribution in [3.63, 3.8) is 0 Å². The summed E-state index contributed by atoms with van der Waals surface area (Å²) in [6.45, 7) is -3.40. The van der Waals surface area contributed by atoms with Gasteiger partial charge in [0.2, 0.25) is 11.6 Å². The number of methoxy groups -OCH3 is 1. The topological polar surface area (TPSA) is 63.2 Å². The van der Waals surface area contributed by atoms with Crippen LogP contribution in [-0.4, -0.2) is 26.3 Å². The lowest BCUT2D eigenvalue weighted by molar-refractivity contribution is -0.274. The molecular weight excluding hydrogens is 474 g/mol. The summed E-state index contributed by atoms with van der Waals surface area (Å²) in [4.78, 5) is 10.8. The van der Waals surface area contributed by atoms with E-state index in [0.717, 1.165) is 24.3 Å². The van der Waals surface area contributed by atoms with Crippen LogP contribution in [0.2, 0.25) is 0 Å². The van der Waals surface area contributed by atoms with E-state index < -0.39 is 60.3 Å². The molecule has 3 rings (SSSR count). The van der Waals surface area contributed by atoms with Crippen LogP contribution in [0.15, 0.2) is 54.6 Å². The van der Waals surface area contributed by atoms with Crippen molar-refractivity contribution in [2.24, 2.45) is 0 Å². The van der Waals surface area contributed by atoms with Crippen molar-refractivity contribution in [1.82, 2.24) is 0 Å². The number of ether oxygens (including phenoxy) is 5. The van der Waals surface area contributed by atoms with Crippen molar-refractivity contribution in [2.45, 2.75) is 13.0 Å². The first-order valence-corrected chi connectivity index (χ1v) is 9.01. The Morgan fingerprint density at radius 1 is 0.882 bits per heavy atom. The van der Waals surface area contributed by atoms with Crippen molar-refractivity contribution >= 4 is 6.29 Å². The molecular formula is C22H14F6O6. The highest BCUT2D eigenvalue weighted by molar-refractivity contribution is 5.74. The normalized spacial score (nSPS) is 12.9. The number of carbonyl (C=O) groups excluding carboxylic acids is 1. The van der Waals surface area contributed by atoms with E-state index in [1.54, 1.807) is 0 Å². The van der Waals surface area contributed by atoms with Gasteiger partial charge in [0, 0.05) is 11.6 Å². The van der Waals surface area contributed by atoms with Gasteiger partial charge in [-0.2, -0.15) is 13.2 Å².